The van der Waals surface area contributed by atoms with Crippen molar-refractivity contribution in [3.63, 3.8) is 0 Å². The van der Waals surface area contributed by atoms with Crippen LogP contribution in [0.2, 0.25) is 0 Å². The van der Waals surface area contributed by atoms with Gasteiger partial charge in [0, 0.05) is 64.1 Å². The Balaban J connectivity index is 1.45. The van der Waals surface area contributed by atoms with Crippen molar-refractivity contribution in [1.29, 1.82) is 10.8 Å². The number of aliphatic hydroxyl groups is 1. The maximum Gasteiger partial charge on any atom is 0.261 e. The summed E-state index contributed by atoms with van der Waals surface area (Å²) in [5, 5.41) is 33.0. The number of amides is 2. The lowest BCUT2D eigenvalue weighted by molar-refractivity contribution is 0.0608. The molecule has 2 unspecified atom stereocenters. The van der Waals surface area contributed by atoms with Gasteiger partial charge in [0.2, 0.25) is 0 Å². The number of benzene rings is 3. The van der Waals surface area contributed by atoms with Gasteiger partial charge in [-0.1, -0.05) is 57.0 Å². The molecule has 4 N–H and O–H groups in total. The van der Waals surface area contributed by atoms with Gasteiger partial charge in [0.1, 0.15) is 0 Å². The number of imide groups is 1. The first-order valence-electron chi connectivity index (χ1n) is 17.1. The van der Waals surface area contributed by atoms with Crippen LogP contribution in [0.4, 0.5) is 5.69 Å². The van der Waals surface area contributed by atoms with Crippen LogP contribution < -0.4 is 5.32 Å². The van der Waals surface area contributed by atoms with E-state index in [1.165, 1.54) is 4.90 Å². The zero-order valence-electron chi connectivity index (χ0n) is 27.3. The number of fused-ring (bicyclic) bond motifs is 1. The first-order chi connectivity index (χ1) is 22.3. The largest absolute Gasteiger partial charge is 0.396 e. The third kappa shape index (κ3) is 5.70. The summed E-state index contributed by atoms with van der Waals surface area (Å²) in [6, 6.07) is 15.7. The number of aliphatic hydroxyl groups excluding tert-OH is 1. The fraction of sp³-hybridized carbons (Fsp3) is 0.436. The topological polar surface area (TPSA) is 117 Å². The number of anilines is 1. The van der Waals surface area contributed by atoms with Crippen molar-refractivity contribution >= 4 is 39.7 Å². The van der Waals surface area contributed by atoms with Crippen molar-refractivity contribution in [2.24, 2.45) is 17.8 Å². The molecule has 7 heteroatoms. The van der Waals surface area contributed by atoms with Crippen LogP contribution in [0.25, 0.3) is 21.9 Å². The summed E-state index contributed by atoms with van der Waals surface area (Å²) >= 11 is 0. The second-order valence-corrected chi connectivity index (χ2v) is 13.3. The summed E-state index contributed by atoms with van der Waals surface area (Å²) in [6.45, 7) is 7.40. The predicted octanol–water partition coefficient (Wildman–Crippen LogP) is 8.25. The number of rotatable bonds is 12. The number of allylic oxidation sites excluding steroid dienone is 2. The molecule has 7 nitrogen and oxygen atoms in total. The van der Waals surface area contributed by atoms with E-state index in [1.54, 1.807) is 0 Å². The molecule has 2 aliphatic carbocycles. The van der Waals surface area contributed by atoms with Crippen LogP contribution in [0.15, 0.2) is 59.7 Å². The molecule has 0 spiro atoms. The Hall–Kier alpha value is -4.10. The highest BCUT2D eigenvalue weighted by Crippen LogP contribution is 2.54. The van der Waals surface area contributed by atoms with E-state index in [-0.39, 0.29) is 18.4 Å². The van der Waals surface area contributed by atoms with Crippen LogP contribution in [0, 0.1) is 28.6 Å². The number of hydrogen-bond acceptors (Lipinski definition) is 6. The minimum absolute atomic E-state index is 0.222. The van der Waals surface area contributed by atoms with Gasteiger partial charge in [0.05, 0.1) is 5.71 Å². The van der Waals surface area contributed by atoms with E-state index < -0.39 is 0 Å². The zero-order valence-corrected chi connectivity index (χ0v) is 27.3. The Morgan fingerprint density at radius 3 is 2.28 bits per heavy atom. The summed E-state index contributed by atoms with van der Waals surface area (Å²) in [7, 11) is 0. The summed E-state index contributed by atoms with van der Waals surface area (Å²) in [5.74, 6) is 0.907. The Labute approximate surface area is 272 Å². The van der Waals surface area contributed by atoms with Gasteiger partial charge in [0.25, 0.3) is 11.8 Å². The number of carbonyl (C=O) groups is 2. The fourth-order valence-electron chi connectivity index (χ4n) is 7.82. The quantitative estimate of drug-likeness (QED) is 0.0929. The molecule has 0 aromatic heterocycles. The highest BCUT2D eigenvalue weighted by molar-refractivity contribution is 6.28. The smallest absolute Gasteiger partial charge is 0.261 e. The highest BCUT2D eigenvalue weighted by Gasteiger charge is 2.49. The first-order valence-corrected chi connectivity index (χ1v) is 17.1. The van der Waals surface area contributed by atoms with Crippen molar-refractivity contribution in [3.8, 4) is 11.1 Å². The minimum atomic E-state index is -0.252. The molecule has 1 fully saturated rings. The van der Waals surface area contributed by atoms with Gasteiger partial charge in [-0.3, -0.25) is 19.9 Å². The average Bonchev–Trinajstić information content (AvgIpc) is 3.73. The fourth-order valence-corrected chi connectivity index (χ4v) is 7.82. The molecule has 1 saturated carbocycles. The average molecular weight is 619 g/mol. The van der Waals surface area contributed by atoms with E-state index in [0.717, 1.165) is 96.8 Å². The monoisotopic (exact) mass is 618 g/mol. The van der Waals surface area contributed by atoms with Crippen LogP contribution in [-0.4, -0.2) is 52.9 Å². The van der Waals surface area contributed by atoms with E-state index >= 15 is 0 Å². The van der Waals surface area contributed by atoms with Gasteiger partial charge in [-0.25, -0.2) is 0 Å². The molecule has 46 heavy (non-hydrogen) atoms. The predicted molar refractivity (Wildman–Crippen MR) is 186 cm³/mol. The van der Waals surface area contributed by atoms with Crippen LogP contribution in [0.5, 0.6) is 0 Å². The van der Waals surface area contributed by atoms with Gasteiger partial charge < -0.3 is 15.8 Å². The van der Waals surface area contributed by atoms with E-state index in [0.29, 0.717) is 52.2 Å². The molecule has 3 aromatic rings. The van der Waals surface area contributed by atoms with E-state index in [9.17, 15) is 20.1 Å². The number of nitrogens with one attached hydrogen (secondary N) is 3. The summed E-state index contributed by atoms with van der Waals surface area (Å²) in [6.07, 6.45) is 7.04. The van der Waals surface area contributed by atoms with E-state index in [4.69, 9.17) is 5.41 Å². The van der Waals surface area contributed by atoms with Gasteiger partial charge in [-0.15, -0.1) is 0 Å². The number of unbranched alkanes of at least 4 members (excludes halogenated alkanes) is 2. The Morgan fingerprint density at radius 1 is 0.891 bits per heavy atom. The number of hydrogen-bond donors (Lipinski definition) is 4. The van der Waals surface area contributed by atoms with Crippen molar-refractivity contribution in [1.82, 2.24) is 4.90 Å². The molecule has 2 amide bonds. The summed E-state index contributed by atoms with van der Waals surface area (Å²) < 4.78 is 0. The lowest BCUT2D eigenvalue weighted by Gasteiger charge is -2.29. The van der Waals surface area contributed by atoms with Gasteiger partial charge >= 0.3 is 0 Å². The van der Waals surface area contributed by atoms with Crippen molar-refractivity contribution in [2.45, 2.75) is 72.1 Å². The molecule has 3 atom stereocenters. The summed E-state index contributed by atoms with van der Waals surface area (Å²) in [4.78, 5) is 28.8. The van der Waals surface area contributed by atoms with E-state index in [1.807, 2.05) is 55.5 Å². The van der Waals surface area contributed by atoms with Crippen LogP contribution >= 0.6 is 0 Å². The summed E-state index contributed by atoms with van der Waals surface area (Å²) in [5.41, 5.74) is 7.43. The molecule has 3 aromatic carbocycles. The molecular formula is C39H46N4O3. The number of carbonyl (C=O) groups excluding carboxylic acids is 2. The van der Waals surface area contributed by atoms with E-state index in [2.05, 4.69) is 19.2 Å². The third-order valence-electron chi connectivity index (χ3n) is 10.4. The third-order valence-corrected chi connectivity index (χ3v) is 10.4. The second kappa shape index (κ2) is 13.3. The molecule has 6 rings (SSSR count). The standard InChI is InChI=1S/C39H46N4O3/c1-4-6-18-42-37-30-12-9-13-31-35(30)33(39(46)43(38(31)45)19-7-5-2)21-32(37)24-10-8-11-25(20-24)36(41)29-17-16-28-27(34(28)22-44)15-14-26(29)23(3)40/h8-13,20-21,27-28,34,40-42,44H,4-7,14-19,22H2,1-3H3/b29-26-,40-23?,41-36?/t27?,28?,34-/m1/s1. The Kier molecular flexibility index (Phi) is 9.23. The van der Waals surface area contributed by atoms with Gasteiger partial charge in [0.15, 0.2) is 0 Å². The van der Waals surface area contributed by atoms with Crippen LogP contribution in [-0.2, 0) is 0 Å². The molecule has 0 radical (unpaired) electrons. The minimum Gasteiger partial charge on any atom is -0.396 e. The zero-order chi connectivity index (χ0) is 32.5. The first kappa shape index (κ1) is 31.9. The maximum atomic E-state index is 13.9. The van der Waals surface area contributed by atoms with Gasteiger partial charge in [-0.2, -0.15) is 0 Å². The molecule has 0 saturated heterocycles. The SMILES string of the molecule is CCCCNc1c(-c2cccc(C(=N)/C3=C(\C(C)=N)CCC4C(CC3)[C@@H]4CO)c2)cc2c3c(cccc13)C(=O)N(CCCC)C2=O. The second-order valence-electron chi connectivity index (χ2n) is 13.3. The number of nitrogens with zero attached hydrogens (tertiary/aromatic N) is 1. The van der Waals surface area contributed by atoms with Crippen LogP contribution in [0.1, 0.15) is 98.4 Å². The molecular weight excluding hydrogens is 572 g/mol. The molecule has 0 bridgehead atoms. The van der Waals surface area contributed by atoms with Crippen molar-refractivity contribution in [2.75, 3.05) is 25.0 Å². The molecule has 1 heterocycles. The van der Waals surface area contributed by atoms with Gasteiger partial charge in [-0.05, 0) is 98.1 Å². The normalized spacial score (nSPS) is 22.3. The van der Waals surface area contributed by atoms with Crippen molar-refractivity contribution in [3.05, 3.63) is 76.4 Å². The Bertz CT molecular complexity index is 1760. The maximum absolute atomic E-state index is 13.9. The Morgan fingerprint density at radius 2 is 1.59 bits per heavy atom. The lowest BCUT2D eigenvalue weighted by atomic mass is 9.85. The van der Waals surface area contributed by atoms with Crippen molar-refractivity contribution < 1.29 is 14.7 Å². The molecule has 3 aliphatic rings. The lowest BCUT2D eigenvalue weighted by Crippen LogP contribution is -2.41. The van der Waals surface area contributed by atoms with Crippen LogP contribution in [0.3, 0.4) is 0 Å². The molecule has 1 aliphatic heterocycles. The molecule has 240 valence electrons. The highest BCUT2D eigenvalue weighted by atomic mass is 16.3.